The molecule has 74 valence electrons. The maximum Gasteiger partial charge on any atom is 0.149 e. The van der Waals surface area contributed by atoms with Gasteiger partial charge in [0.1, 0.15) is 11.6 Å². The van der Waals surface area contributed by atoms with Crippen LogP contribution < -0.4 is 4.90 Å². The highest BCUT2D eigenvalue weighted by atomic mass is 19.1. The Morgan fingerprint density at radius 2 is 2.36 bits per heavy atom. The van der Waals surface area contributed by atoms with E-state index in [-0.39, 0.29) is 11.6 Å². The molecule has 1 aliphatic rings. The Hall–Kier alpha value is -1.38. The van der Waals surface area contributed by atoms with Crippen molar-refractivity contribution in [2.24, 2.45) is 0 Å². The standard InChI is InChI=1S/C11H12FNO/c1-8(14)7-13-5-4-9-2-3-10(12)6-11(9)13/h2-3,6H,4-5,7H2,1H3. The number of benzene rings is 1. The zero-order chi connectivity index (χ0) is 10.1. The van der Waals surface area contributed by atoms with E-state index in [1.807, 2.05) is 4.90 Å². The first-order chi connectivity index (χ1) is 6.66. The molecule has 0 atom stereocenters. The van der Waals surface area contributed by atoms with Crippen molar-refractivity contribution in [1.29, 1.82) is 0 Å². The molecular weight excluding hydrogens is 181 g/mol. The van der Waals surface area contributed by atoms with Gasteiger partial charge in [-0.15, -0.1) is 0 Å². The highest BCUT2D eigenvalue weighted by Gasteiger charge is 2.19. The summed E-state index contributed by atoms with van der Waals surface area (Å²) in [6, 6.07) is 4.77. The summed E-state index contributed by atoms with van der Waals surface area (Å²) in [5.74, 6) is -0.124. The average molecular weight is 193 g/mol. The number of fused-ring (bicyclic) bond motifs is 1. The van der Waals surface area contributed by atoms with E-state index in [2.05, 4.69) is 0 Å². The molecule has 0 saturated heterocycles. The minimum Gasteiger partial charge on any atom is -0.364 e. The van der Waals surface area contributed by atoms with Crippen LogP contribution in [0, 0.1) is 5.82 Å². The molecule has 0 radical (unpaired) electrons. The lowest BCUT2D eigenvalue weighted by atomic mass is 10.2. The van der Waals surface area contributed by atoms with Crippen LogP contribution in [0.5, 0.6) is 0 Å². The van der Waals surface area contributed by atoms with Crippen molar-refractivity contribution in [3.05, 3.63) is 29.6 Å². The third kappa shape index (κ3) is 1.62. The third-order valence-electron chi connectivity index (χ3n) is 2.45. The maximum atomic E-state index is 13.0. The number of nitrogens with zero attached hydrogens (tertiary/aromatic N) is 1. The molecule has 0 aliphatic carbocycles. The zero-order valence-electron chi connectivity index (χ0n) is 8.09. The highest BCUT2D eigenvalue weighted by Crippen LogP contribution is 2.28. The van der Waals surface area contributed by atoms with E-state index < -0.39 is 0 Å². The normalized spacial score (nSPS) is 14.3. The quantitative estimate of drug-likeness (QED) is 0.713. The van der Waals surface area contributed by atoms with Crippen LogP contribution in [-0.2, 0) is 11.2 Å². The molecule has 0 spiro atoms. The summed E-state index contributed by atoms with van der Waals surface area (Å²) in [4.78, 5) is 12.9. The smallest absolute Gasteiger partial charge is 0.149 e. The highest BCUT2D eigenvalue weighted by molar-refractivity contribution is 5.82. The summed E-state index contributed by atoms with van der Waals surface area (Å²) in [5.41, 5.74) is 2.01. The molecule has 0 N–H and O–H groups in total. The molecule has 0 fully saturated rings. The van der Waals surface area contributed by atoms with Crippen LogP contribution in [0.15, 0.2) is 18.2 Å². The van der Waals surface area contributed by atoms with Gasteiger partial charge < -0.3 is 4.90 Å². The Morgan fingerprint density at radius 1 is 1.57 bits per heavy atom. The largest absolute Gasteiger partial charge is 0.364 e. The van der Waals surface area contributed by atoms with Crippen LogP contribution in [0.4, 0.5) is 10.1 Å². The second-order valence-electron chi connectivity index (χ2n) is 3.65. The van der Waals surface area contributed by atoms with Gasteiger partial charge in [0.15, 0.2) is 0 Å². The molecule has 0 bridgehead atoms. The molecular formula is C11H12FNO. The number of ketones is 1. The lowest BCUT2D eigenvalue weighted by Crippen LogP contribution is -2.26. The molecule has 1 aromatic rings. The van der Waals surface area contributed by atoms with Crippen LogP contribution in [0.25, 0.3) is 0 Å². The van der Waals surface area contributed by atoms with Gasteiger partial charge in [0.2, 0.25) is 0 Å². The summed E-state index contributed by atoms with van der Waals surface area (Å²) in [6.45, 7) is 2.76. The second kappa shape index (κ2) is 3.40. The van der Waals surface area contributed by atoms with Gasteiger partial charge in [0.25, 0.3) is 0 Å². The fraction of sp³-hybridized carbons (Fsp3) is 0.364. The van der Waals surface area contributed by atoms with Crippen LogP contribution >= 0.6 is 0 Å². The molecule has 3 heteroatoms. The minimum atomic E-state index is -0.237. The van der Waals surface area contributed by atoms with Gasteiger partial charge in [-0.1, -0.05) is 6.07 Å². The SMILES string of the molecule is CC(=O)CN1CCc2ccc(F)cc21. The topological polar surface area (TPSA) is 20.3 Å². The molecule has 2 rings (SSSR count). The van der Waals surface area contributed by atoms with Gasteiger partial charge >= 0.3 is 0 Å². The van der Waals surface area contributed by atoms with E-state index in [0.29, 0.717) is 6.54 Å². The first kappa shape index (κ1) is 9.19. The van der Waals surface area contributed by atoms with E-state index in [9.17, 15) is 9.18 Å². The van der Waals surface area contributed by atoms with Crippen LogP contribution in [-0.4, -0.2) is 18.9 Å². The number of carbonyl (C=O) groups excluding carboxylic acids is 1. The number of Topliss-reactive ketones (excluding diaryl/α,β-unsaturated/α-hetero) is 1. The second-order valence-corrected chi connectivity index (χ2v) is 3.65. The molecule has 2 nitrogen and oxygen atoms in total. The number of anilines is 1. The molecule has 1 aliphatic heterocycles. The van der Waals surface area contributed by atoms with Gasteiger partial charge in [-0.2, -0.15) is 0 Å². The lowest BCUT2D eigenvalue weighted by Gasteiger charge is -2.17. The maximum absolute atomic E-state index is 13.0. The van der Waals surface area contributed by atoms with Crippen LogP contribution in [0.1, 0.15) is 12.5 Å². The number of rotatable bonds is 2. The van der Waals surface area contributed by atoms with Crippen molar-refractivity contribution in [1.82, 2.24) is 0 Å². The third-order valence-corrected chi connectivity index (χ3v) is 2.45. The van der Waals surface area contributed by atoms with Gasteiger partial charge in [-0.25, -0.2) is 4.39 Å². The zero-order valence-corrected chi connectivity index (χ0v) is 8.09. The number of carbonyl (C=O) groups is 1. The first-order valence-electron chi connectivity index (χ1n) is 4.69. The van der Waals surface area contributed by atoms with Crippen molar-refractivity contribution in [3.8, 4) is 0 Å². The summed E-state index contributed by atoms with van der Waals surface area (Å²) in [5, 5.41) is 0. The summed E-state index contributed by atoms with van der Waals surface area (Å²) < 4.78 is 13.0. The number of hydrogen-bond donors (Lipinski definition) is 0. The van der Waals surface area contributed by atoms with Crippen molar-refractivity contribution in [2.75, 3.05) is 18.0 Å². The van der Waals surface area contributed by atoms with Crippen molar-refractivity contribution < 1.29 is 9.18 Å². The molecule has 1 aromatic carbocycles. The van der Waals surface area contributed by atoms with Crippen molar-refractivity contribution in [2.45, 2.75) is 13.3 Å². The lowest BCUT2D eigenvalue weighted by molar-refractivity contribution is -0.115. The molecule has 0 amide bonds. The monoisotopic (exact) mass is 193 g/mol. The van der Waals surface area contributed by atoms with Gasteiger partial charge in [-0.05, 0) is 31.0 Å². The van der Waals surface area contributed by atoms with E-state index in [4.69, 9.17) is 0 Å². The fourth-order valence-electron chi connectivity index (χ4n) is 1.85. The summed E-state index contributed by atoms with van der Waals surface area (Å²) in [7, 11) is 0. The molecule has 1 heterocycles. The van der Waals surface area contributed by atoms with E-state index >= 15 is 0 Å². The van der Waals surface area contributed by atoms with E-state index in [0.717, 1.165) is 24.2 Å². The van der Waals surface area contributed by atoms with Crippen molar-refractivity contribution in [3.63, 3.8) is 0 Å². The predicted molar refractivity (Wildman–Crippen MR) is 53.0 cm³/mol. The minimum absolute atomic E-state index is 0.113. The van der Waals surface area contributed by atoms with Gasteiger partial charge in [-0.3, -0.25) is 4.79 Å². The van der Waals surface area contributed by atoms with Gasteiger partial charge in [0, 0.05) is 12.2 Å². The van der Waals surface area contributed by atoms with E-state index in [1.54, 1.807) is 13.0 Å². The van der Waals surface area contributed by atoms with Gasteiger partial charge in [0.05, 0.1) is 6.54 Å². The molecule has 0 aromatic heterocycles. The van der Waals surface area contributed by atoms with Crippen molar-refractivity contribution >= 4 is 11.5 Å². The number of halogens is 1. The number of hydrogen-bond acceptors (Lipinski definition) is 2. The van der Waals surface area contributed by atoms with Crippen LogP contribution in [0.3, 0.4) is 0 Å². The molecule has 0 saturated carbocycles. The predicted octanol–water partition coefficient (Wildman–Crippen LogP) is 1.78. The molecule has 14 heavy (non-hydrogen) atoms. The Morgan fingerprint density at radius 3 is 3.07 bits per heavy atom. The fourth-order valence-corrected chi connectivity index (χ4v) is 1.85. The summed E-state index contributed by atoms with van der Waals surface area (Å²) in [6.07, 6.45) is 0.906. The Labute approximate surface area is 82.3 Å². The Balaban J connectivity index is 2.28. The summed E-state index contributed by atoms with van der Waals surface area (Å²) >= 11 is 0. The average Bonchev–Trinajstić information content (AvgIpc) is 2.47. The molecule has 0 unspecified atom stereocenters. The Kier molecular flexibility index (Phi) is 2.23. The first-order valence-corrected chi connectivity index (χ1v) is 4.69. The van der Waals surface area contributed by atoms with Crippen LogP contribution in [0.2, 0.25) is 0 Å². The Bertz CT molecular complexity index is 376. The van der Waals surface area contributed by atoms with E-state index in [1.165, 1.54) is 12.1 Å².